The van der Waals surface area contributed by atoms with E-state index in [9.17, 15) is 17.6 Å². The van der Waals surface area contributed by atoms with Crippen LogP contribution in [-0.2, 0) is 6.18 Å². The minimum Gasteiger partial charge on any atom is -0.320 e. The predicted molar refractivity (Wildman–Crippen MR) is 69.0 cm³/mol. The average Bonchev–Trinajstić information content (AvgIpc) is 2.80. The second-order valence-electron chi connectivity index (χ2n) is 3.77. The number of hydrogen-bond donors (Lipinski definition) is 1. The number of hydrogen-bond acceptors (Lipinski definition) is 2. The van der Waals surface area contributed by atoms with Gasteiger partial charge in [-0.1, -0.05) is 0 Å². The van der Waals surface area contributed by atoms with E-state index in [2.05, 4.69) is 0 Å². The minimum atomic E-state index is -4.50. The van der Waals surface area contributed by atoms with Crippen LogP contribution in [0.5, 0.6) is 0 Å². The number of benzene rings is 1. The number of thiophene rings is 1. The first-order chi connectivity index (χ1) is 8.39. The molecule has 0 bridgehead atoms. The first-order valence-corrected chi connectivity index (χ1v) is 5.98. The number of alkyl halides is 3. The van der Waals surface area contributed by atoms with Crippen molar-refractivity contribution in [1.82, 2.24) is 0 Å². The van der Waals surface area contributed by atoms with Gasteiger partial charge in [-0.2, -0.15) is 24.5 Å². The summed E-state index contributed by atoms with van der Waals surface area (Å²) in [5, 5.41) is 3.42. The maximum Gasteiger partial charge on any atom is 0.416 e. The molecule has 0 aliphatic carbocycles. The molecule has 0 amide bonds. The highest BCUT2D eigenvalue weighted by Gasteiger charge is 2.31. The van der Waals surface area contributed by atoms with Gasteiger partial charge < -0.3 is 5.73 Å². The van der Waals surface area contributed by atoms with Gasteiger partial charge in [-0.15, -0.1) is 12.4 Å². The van der Waals surface area contributed by atoms with E-state index in [-0.39, 0.29) is 18.0 Å². The number of nitrogens with two attached hydrogens (primary N) is 1. The number of halogens is 5. The van der Waals surface area contributed by atoms with Crippen LogP contribution in [0.25, 0.3) is 0 Å². The monoisotopic (exact) mass is 311 g/mol. The SMILES string of the molecule is Cl.N[C@H](c1ccsc1)c1cc(C(F)(F)F)ccc1F. The van der Waals surface area contributed by atoms with Crippen LogP contribution in [0.15, 0.2) is 35.0 Å². The summed E-state index contributed by atoms with van der Waals surface area (Å²) >= 11 is 1.35. The third-order valence-corrected chi connectivity index (χ3v) is 3.26. The smallest absolute Gasteiger partial charge is 0.320 e. The van der Waals surface area contributed by atoms with E-state index >= 15 is 0 Å². The van der Waals surface area contributed by atoms with Gasteiger partial charge in [0.2, 0.25) is 0 Å². The van der Waals surface area contributed by atoms with Gasteiger partial charge in [-0.3, -0.25) is 0 Å². The topological polar surface area (TPSA) is 26.0 Å². The lowest BCUT2D eigenvalue weighted by Gasteiger charge is -2.14. The Bertz CT molecular complexity index is 539. The fourth-order valence-corrected chi connectivity index (χ4v) is 2.29. The first-order valence-electron chi connectivity index (χ1n) is 5.04. The van der Waals surface area contributed by atoms with E-state index in [0.29, 0.717) is 11.6 Å². The van der Waals surface area contributed by atoms with Crippen LogP contribution in [0.4, 0.5) is 17.6 Å². The summed E-state index contributed by atoms with van der Waals surface area (Å²) < 4.78 is 51.2. The Morgan fingerprint density at radius 3 is 2.37 bits per heavy atom. The van der Waals surface area contributed by atoms with Crippen LogP contribution in [0.2, 0.25) is 0 Å². The summed E-state index contributed by atoms with van der Waals surface area (Å²) in [7, 11) is 0. The molecular formula is C12H10ClF4NS. The van der Waals surface area contributed by atoms with Crippen LogP contribution < -0.4 is 5.73 Å². The zero-order valence-electron chi connectivity index (χ0n) is 9.45. The molecule has 0 saturated carbocycles. The maximum atomic E-state index is 13.6. The molecule has 1 aromatic carbocycles. The second kappa shape index (κ2) is 5.90. The highest BCUT2D eigenvalue weighted by molar-refractivity contribution is 7.08. The van der Waals surface area contributed by atoms with Crippen molar-refractivity contribution in [2.45, 2.75) is 12.2 Å². The zero-order valence-corrected chi connectivity index (χ0v) is 11.1. The molecule has 1 nitrogen and oxygen atoms in total. The molecule has 0 fully saturated rings. The molecule has 0 radical (unpaired) electrons. The lowest BCUT2D eigenvalue weighted by Crippen LogP contribution is -2.15. The third-order valence-electron chi connectivity index (χ3n) is 2.56. The first kappa shape index (κ1) is 15.9. The molecule has 0 unspecified atom stereocenters. The maximum absolute atomic E-state index is 13.6. The van der Waals surface area contributed by atoms with Crippen LogP contribution in [-0.4, -0.2) is 0 Å². The van der Waals surface area contributed by atoms with Gasteiger partial charge in [0, 0.05) is 5.56 Å². The van der Waals surface area contributed by atoms with E-state index in [0.717, 1.165) is 12.1 Å². The summed E-state index contributed by atoms with van der Waals surface area (Å²) in [4.78, 5) is 0. The molecular weight excluding hydrogens is 302 g/mol. The molecule has 1 atom stereocenters. The van der Waals surface area contributed by atoms with Crippen LogP contribution >= 0.6 is 23.7 Å². The van der Waals surface area contributed by atoms with E-state index < -0.39 is 23.6 Å². The Balaban J connectivity index is 0.00000180. The molecule has 104 valence electrons. The Hall–Kier alpha value is -1.11. The van der Waals surface area contributed by atoms with Crippen molar-refractivity contribution < 1.29 is 17.6 Å². The van der Waals surface area contributed by atoms with Crippen molar-refractivity contribution in [1.29, 1.82) is 0 Å². The van der Waals surface area contributed by atoms with E-state index in [1.165, 1.54) is 11.3 Å². The van der Waals surface area contributed by atoms with Gasteiger partial charge in [-0.05, 0) is 40.6 Å². The molecule has 2 rings (SSSR count). The largest absolute Gasteiger partial charge is 0.416 e. The van der Waals surface area contributed by atoms with E-state index in [4.69, 9.17) is 5.73 Å². The summed E-state index contributed by atoms with van der Waals surface area (Å²) in [6, 6.07) is 3.04. The second-order valence-corrected chi connectivity index (χ2v) is 4.55. The lowest BCUT2D eigenvalue weighted by atomic mass is 9.99. The van der Waals surface area contributed by atoms with Crippen molar-refractivity contribution in [3.05, 3.63) is 57.5 Å². The highest BCUT2D eigenvalue weighted by Crippen LogP contribution is 2.33. The van der Waals surface area contributed by atoms with Gasteiger partial charge in [0.25, 0.3) is 0 Å². The molecule has 2 N–H and O–H groups in total. The van der Waals surface area contributed by atoms with Gasteiger partial charge in [-0.25, -0.2) is 4.39 Å². The van der Waals surface area contributed by atoms with Crippen LogP contribution in [0.1, 0.15) is 22.7 Å². The molecule has 1 heterocycles. The van der Waals surface area contributed by atoms with Crippen LogP contribution in [0.3, 0.4) is 0 Å². The van der Waals surface area contributed by atoms with Gasteiger partial charge in [0.1, 0.15) is 5.82 Å². The average molecular weight is 312 g/mol. The predicted octanol–water partition coefficient (Wildman–Crippen LogP) is 4.38. The summed E-state index contributed by atoms with van der Waals surface area (Å²) in [5.74, 6) is -0.735. The molecule has 7 heteroatoms. The molecule has 0 aliphatic heterocycles. The van der Waals surface area contributed by atoms with Crippen LogP contribution in [0, 0.1) is 5.82 Å². The summed E-state index contributed by atoms with van der Waals surface area (Å²) in [6.45, 7) is 0. The van der Waals surface area contributed by atoms with E-state index in [1.54, 1.807) is 16.8 Å². The Labute approximate surface area is 117 Å². The molecule has 0 spiro atoms. The molecule has 2 aromatic rings. The minimum absolute atomic E-state index is 0. The van der Waals surface area contributed by atoms with Gasteiger partial charge in [0.05, 0.1) is 11.6 Å². The summed E-state index contributed by atoms with van der Waals surface area (Å²) in [5.41, 5.74) is 5.32. The molecule has 19 heavy (non-hydrogen) atoms. The normalized spacial score (nSPS) is 12.9. The van der Waals surface area contributed by atoms with Crippen molar-refractivity contribution in [3.63, 3.8) is 0 Å². The summed E-state index contributed by atoms with van der Waals surface area (Å²) in [6.07, 6.45) is -4.50. The van der Waals surface area contributed by atoms with E-state index in [1.807, 2.05) is 0 Å². The zero-order chi connectivity index (χ0) is 13.3. The van der Waals surface area contributed by atoms with Gasteiger partial charge >= 0.3 is 6.18 Å². The van der Waals surface area contributed by atoms with Gasteiger partial charge in [0.15, 0.2) is 0 Å². The fraction of sp³-hybridized carbons (Fsp3) is 0.167. The third kappa shape index (κ3) is 3.46. The standard InChI is InChI=1S/C12H9F4NS.ClH/c13-10-2-1-8(12(14,15)16)5-9(10)11(17)7-3-4-18-6-7;/h1-6,11H,17H2;1H/t11-;/m1./s1. The van der Waals surface area contributed by atoms with Crippen molar-refractivity contribution >= 4 is 23.7 Å². The van der Waals surface area contributed by atoms with Crippen molar-refractivity contribution in [2.75, 3.05) is 0 Å². The fourth-order valence-electron chi connectivity index (χ4n) is 1.59. The Morgan fingerprint density at radius 2 is 1.84 bits per heavy atom. The molecule has 0 aliphatic rings. The van der Waals surface area contributed by atoms with Crippen molar-refractivity contribution in [3.8, 4) is 0 Å². The molecule has 1 aromatic heterocycles. The highest BCUT2D eigenvalue weighted by atomic mass is 35.5. The lowest BCUT2D eigenvalue weighted by molar-refractivity contribution is -0.137. The Kier molecular flexibility index (Phi) is 4.95. The Morgan fingerprint density at radius 1 is 1.16 bits per heavy atom. The number of rotatable bonds is 2. The van der Waals surface area contributed by atoms with Crippen molar-refractivity contribution in [2.24, 2.45) is 5.73 Å². The molecule has 0 saturated heterocycles. The quantitative estimate of drug-likeness (QED) is 0.819.